The Balaban J connectivity index is 1.74. The van der Waals surface area contributed by atoms with Crippen molar-refractivity contribution in [3.8, 4) is 5.75 Å². The smallest absolute Gasteiger partial charge is 0.248 e. The Hall–Kier alpha value is -2.37. The highest BCUT2D eigenvalue weighted by Crippen LogP contribution is 2.22. The van der Waals surface area contributed by atoms with E-state index in [1.807, 2.05) is 30.3 Å². The quantitative estimate of drug-likeness (QED) is 0.791. The van der Waals surface area contributed by atoms with E-state index in [-0.39, 0.29) is 6.10 Å². The summed E-state index contributed by atoms with van der Waals surface area (Å²) in [5.74, 6) is 0.496. The van der Waals surface area contributed by atoms with Crippen LogP contribution in [0.15, 0.2) is 48.5 Å². The van der Waals surface area contributed by atoms with E-state index in [1.54, 1.807) is 19.2 Å². The third kappa shape index (κ3) is 4.84. The topological polar surface area (TPSA) is 64.8 Å². The maximum atomic E-state index is 11.3. The van der Waals surface area contributed by atoms with Gasteiger partial charge in [-0.3, -0.25) is 9.69 Å². The second kappa shape index (κ2) is 8.83. The van der Waals surface area contributed by atoms with Crippen molar-refractivity contribution in [2.75, 3.05) is 20.3 Å². The van der Waals surface area contributed by atoms with Crippen LogP contribution >= 0.6 is 0 Å². The van der Waals surface area contributed by atoms with Crippen LogP contribution in [0.25, 0.3) is 0 Å². The summed E-state index contributed by atoms with van der Waals surface area (Å²) in [6.45, 7) is 3.27. The first-order chi connectivity index (χ1) is 12.7. The fraction of sp³-hybridized carbons (Fsp3) is 0.381. The summed E-state index contributed by atoms with van der Waals surface area (Å²) < 4.78 is 11.3. The van der Waals surface area contributed by atoms with E-state index in [9.17, 15) is 4.79 Å². The molecular weight excluding hydrogens is 328 g/mol. The number of nitrogens with zero attached hydrogens (tertiary/aromatic N) is 1. The van der Waals surface area contributed by atoms with Crippen LogP contribution in [0.2, 0.25) is 0 Å². The van der Waals surface area contributed by atoms with Crippen molar-refractivity contribution in [2.45, 2.75) is 32.0 Å². The molecule has 26 heavy (non-hydrogen) atoms. The van der Waals surface area contributed by atoms with Crippen molar-refractivity contribution >= 4 is 5.91 Å². The molecule has 3 rings (SSSR count). The lowest BCUT2D eigenvalue weighted by atomic mass is 10.1. The largest absolute Gasteiger partial charge is 0.496 e. The average molecular weight is 354 g/mol. The van der Waals surface area contributed by atoms with Crippen LogP contribution in [0, 0.1) is 0 Å². The monoisotopic (exact) mass is 354 g/mol. The summed E-state index contributed by atoms with van der Waals surface area (Å²) >= 11 is 0. The highest BCUT2D eigenvalue weighted by molar-refractivity contribution is 5.92. The second-order valence-electron chi connectivity index (χ2n) is 6.68. The number of carbonyl (C=O) groups is 1. The first kappa shape index (κ1) is 18.4. The molecule has 1 atom stereocenters. The van der Waals surface area contributed by atoms with Crippen LogP contribution in [-0.2, 0) is 17.8 Å². The molecule has 1 heterocycles. The van der Waals surface area contributed by atoms with E-state index < -0.39 is 5.91 Å². The minimum absolute atomic E-state index is 0.273. The van der Waals surface area contributed by atoms with E-state index in [0.29, 0.717) is 5.56 Å². The number of nitrogens with two attached hydrogens (primary N) is 1. The zero-order chi connectivity index (χ0) is 18.4. The zero-order valence-electron chi connectivity index (χ0n) is 15.2. The number of hydrogen-bond donors (Lipinski definition) is 1. The Morgan fingerprint density at radius 2 is 1.96 bits per heavy atom. The summed E-state index contributed by atoms with van der Waals surface area (Å²) in [6, 6.07) is 15.6. The molecule has 1 aliphatic rings. The number of rotatable bonds is 8. The summed E-state index contributed by atoms with van der Waals surface area (Å²) in [5.41, 5.74) is 8.16. The number of methoxy groups -OCH3 is 1. The molecule has 0 aliphatic carbocycles. The molecule has 1 unspecified atom stereocenters. The summed E-state index contributed by atoms with van der Waals surface area (Å²) in [5, 5.41) is 0. The molecule has 0 radical (unpaired) electrons. The van der Waals surface area contributed by atoms with E-state index >= 15 is 0 Å². The van der Waals surface area contributed by atoms with Crippen LogP contribution in [0.1, 0.15) is 34.3 Å². The first-order valence-corrected chi connectivity index (χ1v) is 9.00. The van der Waals surface area contributed by atoms with Gasteiger partial charge >= 0.3 is 0 Å². The third-order valence-electron chi connectivity index (χ3n) is 4.72. The third-order valence-corrected chi connectivity index (χ3v) is 4.72. The SMILES string of the molecule is COc1ccccc1CN(Cc1ccc(C(N)=O)cc1)CC1CCCO1. The van der Waals surface area contributed by atoms with Gasteiger partial charge in [0.25, 0.3) is 0 Å². The fourth-order valence-electron chi connectivity index (χ4n) is 3.37. The minimum atomic E-state index is -0.401. The van der Waals surface area contributed by atoms with Gasteiger partial charge in [0.1, 0.15) is 5.75 Å². The van der Waals surface area contributed by atoms with Crippen LogP contribution in [0.3, 0.4) is 0 Å². The van der Waals surface area contributed by atoms with Crippen molar-refractivity contribution in [2.24, 2.45) is 5.73 Å². The predicted octanol–water partition coefficient (Wildman–Crippen LogP) is 2.98. The Kier molecular flexibility index (Phi) is 6.26. The number of ether oxygens (including phenoxy) is 2. The average Bonchev–Trinajstić information content (AvgIpc) is 3.15. The van der Waals surface area contributed by atoms with Gasteiger partial charge in [-0.2, -0.15) is 0 Å². The minimum Gasteiger partial charge on any atom is -0.496 e. The van der Waals surface area contributed by atoms with Crippen molar-refractivity contribution in [1.29, 1.82) is 0 Å². The fourth-order valence-corrected chi connectivity index (χ4v) is 3.37. The Morgan fingerprint density at radius 3 is 2.62 bits per heavy atom. The Labute approximate surface area is 154 Å². The summed E-state index contributed by atoms with van der Waals surface area (Å²) in [7, 11) is 1.70. The van der Waals surface area contributed by atoms with E-state index in [4.69, 9.17) is 15.2 Å². The molecule has 1 amide bonds. The number of primary amides is 1. The van der Waals surface area contributed by atoms with Gasteiger partial charge in [0.2, 0.25) is 5.91 Å². The van der Waals surface area contributed by atoms with Gasteiger partial charge < -0.3 is 15.2 Å². The molecule has 0 aromatic heterocycles. The lowest BCUT2D eigenvalue weighted by Gasteiger charge is -2.26. The van der Waals surface area contributed by atoms with Crippen molar-refractivity contribution in [3.63, 3.8) is 0 Å². The van der Waals surface area contributed by atoms with Gasteiger partial charge in [-0.05, 0) is 36.6 Å². The molecule has 2 N–H and O–H groups in total. The first-order valence-electron chi connectivity index (χ1n) is 9.00. The van der Waals surface area contributed by atoms with Crippen molar-refractivity contribution in [3.05, 3.63) is 65.2 Å². The molecular formula is C21H26N2O3. The van der Waals surface area contributed by atoms with Gasteiger partial charge in [-0.1, -0.05) is 30.3 Å². The molecule has 5 nitrogen and oxygen atoms in total. The van der Waals surface area contributed by atoms with Crippen molar-refractivity contribution in [1.82, 2.24) is 4.90 Å². The van der Waals surface area contributed by atoms with Crippen LogP contribution in [-0.4, -0.2) is 37.2 Å². The number of carbonyl (C=O) groups excluding carboxylic acids is 1. The molecule has 5 heteroatoms. The summed E-state index contributed by atoms with van der Waals surface area (Å²) in [4.78, 5) is 13.6. The van der Waals surface area contributed by atoms with Gasteiger partial charge in [-0.25, -0.2) is 0 Å². The van der Waals surface area contributed by atoms with E-state index in [0.717, 1.165) is 56.0 Å². The summed E-state index contributed by atoms with van der Waals surface area (Å²) in [6.07, 6.45) is 2.50. The molecule has 1 aliphatic heterocycles. The maximum absolute atomic E-state index is 11.3. The van der Waals surface area contributed by atoms with Crippen LogP contribution < -0.4 is 10.5 Å². The van der Waals surface area contributed by atoms with Gasteiger partial charge in [0.15, 0.2) is 0 Å². The van der Waals surface area contributed by atoms with E-state index in [1.165, 1.54) is 0 Å². The number of benzene rings is 2. The molecule has 0 saturated carbocycles. The standard InChI is InChI=1S/C21H26N2O3/c1-25-20-7-3-2-5-18(20)14-23(15-19-6-4-12-26-19)13-16-8-10-17(11-9-16)21(22)24/h2-3,5,7-11,19H,4,6,12-15H2,1H3,(H2,22,24). The lowest BCUT2D eigenvalue weighted by Crippen LogP contribution is -2.31. The molecule has 1 saturated heterocycles. The molecule has 138 valence electrons. The highest BCUT2D eigenvalue weighted by Gasteiger charge is 2.20. The zero-order valence-corrected chi connectivity index (χ0v) is 15.2. The van der Waals surface area contributed by atoms with Gasteiger partial charge in [0.05, 0.1) is 13.2 Å². The number of amides is 1. The molecule has 0 spiro atoms. The Morgan fingerprint density at radius 1 is 1.19 bits per heavy atom. The molecule has 2 aromatic carbocycles. The Bertz CT molecular complexity index is 724. The van der Waals surface area contributed by atoms with E-state index in [2.05, 4.69) is 11.0 Å². The lowest BCUT2D eigenvalue weighted by molar-refractivity contribution is 0.0676. The second-order valence-corrected chi connectivity index (χ2v) is 6.68. The number of hydrogen-bond acceptors (Lipinski definition) is 4. The van der Waals surface area contributed by atoms with Gasteiger partial charge in [-0.15, -0.1) is 0 Å². The van der Waals surface area contributed by atoms with Crippen molar-refractivity contribution < 1.29 is 14.3 Å². The number of para-hydroxylation sites is 1. The van der Waals surface area contributed by atoms with Crippen LogP contribution in [0.5, 0.6) is 5.75 Å². The van der Waals surface area contributed by atoms with Gasteiger partial charge in [0, 0.05) is 37.4 Å². The molecule has 2 aromatic rings. The molecule has 1 fully saturated rings. The molecule has 0 bridgehead atoms. The van der Waals surface area contributed by atoms with Crippen LogP contribution in [0.4, 0.5) is 0 Å². The maximum Gasteiger partial charge on any atom is 0.248 e. The highest BCUT2D eigenvalue weighted by atomic mass is 16.5. The predicted molar refractivity (Wildman–Crippen MR) is 101 cm³/mol. The normalized spacial score (nSPS) is 16.8.